The molecule has 31 heavy (non-hydrogen) atoms. The maximum atomic E-state index is 15.0. The van der Waals surface area contributed by atoms with Crippen molar-refractivity contribution in [2.45, 2.75) is 25.8 Å². The Morgan fingerprint density at radius 2 is 1.94 bits per heavy atom. The van der Waals surface area contributed by atoms with Gasteiger partial charge in [0.15, 0.2) is 0 Å². The van der Waals surface area contributed by atoms with Gasteiger partial charge in [0, 0.05) is 36.4 Å². The lowest BCUT2D eigenvalue weighted by molar-refractivity contribution is 0.102. The topological polar surface area (TPSA) is 63.6 Å². The average molecular weight is 421 g/mol. The third kappa shape index (κ3) is 3.81. The number of hydrogen-bond donors (Lipinski definition) is 1. The molecule has 160 valence electrons. The van der Waals surface area contributed by atoms with Crippen LogP contribution in [0.3, 0.4) is 0 Å². The van der Waals surface area contributed by atoms with E-state index in [1.54, 1.807) is 18.3 Å². The number of fused-ring (bicyclic) bond motifs is 1. The first-order valence-electron chi connectivity index (χ1n) is 10.6. The van der Waals surface area contributed by atoms with Crippen molar-refractivity contribution in [2.75, 3.05) is 36.5 Å². The van der Waals surface area contributed by atoms with Crippen LogP contribution in [0.4, 0.5) is 15.8 Å². The summed E-state index contributed by atoms with van der Waals surface area (Å²) in [6.07, 6.45) is 3.58. The quantitative estimate of drug-likeness (QED) is 0.695. The summed E-state index contributed by atoms with van der Waals surface area (Å²) < 4.78 is 22.4. The second kappa shape index (κ2) is 7.81. The Bertz CT molecular complexity index is 1230. The molecule has 0 atom stereocenters. The molecule has 2 fully saturated rings. The molecule has 7 heteroatoms. The summed E-state index contributed by atoms with van der Waals surface area (Å²) in [5.74, 6) is -0.936. The Hall–Kier alpha value is -3.19. The summed E-state index contributed by atoms with van der Waals surface area (Å²) in [4.78, 5) is 28.1. The van der Waals surface area contributed by atoms with Gasteiger partial charge in [-0.05, 0) is 49.6 Å². The van der Waals surface area contributed by atoms with E-state index in [1.807, 2.05) is 34.6 Å². The van der Waals surface area contributed by atoms with Gasteiger partial charge in [-0.25, -0.2) is 4.39 Å². The Kier molecular flexibility index (Phi) is 4.98. The zero-order chi connectivity index (χ0) is 21.5. The lowest BCUT2D eigenvalue weighted by atomic mass is 10.1. The van der Waals surface area contributed by atoms with Crippen LogP contribution in [-0.2, 0) is 4.74 Å². The zero-order valence-electron chi connectivity index (χ0n) is 17.4. The number of amides is 1. The SMILES string of the molecule is Cc1cccc(NC(=O)c2cn(C3CC3)c3cc(N4CCOCC4)c(F)cc3c2=O)c1. The van der Waals surface area contributed by atoms with Crippen LogP contribution < -0.4 is 15.6 Å². The average Bonchev–Trinajstić information content (AvgIpc) is 3.60. The van der Waals surface area contributed by atoms with Gasteiger partial charge in [0.05, 0.1) is 24.4 Å². The molecule has 0 spiro atoms. The van der Waals surface area contributed by atoms with Crippen LogP contribution in [-0.4, -0.2) is 36.8 Å². The van der Waals surface area contributed by atoms with Crippen molar-refractivity contribution in [3.8, 4) is 0 Å². The summed E-state index contributed by atoms with van der Waals surface area (Å²) in [6.45, 7) is 4.23. The van der Waals surface area contributed by atoms with Gasteiger partial charge < -0.3 is 19.5 Å². The number of carbonyl (C=O) groups excluding carboxylic acids is 1. The molecule has 1 amide bonds. The van der Waals surface area contributed by atoms with E-state index in [2.05, 4.69) is 5.32 Å². The van der Waals surface area contributed by atoms with Crippen LogP contribution in [0, 0.1) is 12.7 Å². The molecule has 6 nitrogen and oxygen atoms in total. The Morgan fingerprint density at radius 3 is 2.65 bits per heavy atom. The third-order valence-electron chi connectivity index (χ3n) is 5.91. The van der Waals surface area contributed by atoms with Crippen molar-refractivity contribution in [3.05, 3.63) is 69.8 Å². The van der Waals surface area contributed by atoms with E-state index in [-0.39, 0.29) is 17.0 Å². The smallest absolute Gasteiger partial charge is 0.261 e. The molecule has 2 aromatic carbocycles. The van der Waals surface area contributed by atoms with E-state index in [1.165, 1.54) is 6.07 Å². The van der Waals surface area contributed by atoms with Crippen molar-refractivity contribution < 1.29 is 13.9 Å². The fourth-order valence-corrected chi connectivity index (χ4v) is 4.14. The second-order valence-corrected chi connectivity index (χ2v) is 8.25. The largest absolute Gasteiger partial charge is 0.378 e. The molecule has 2 aliphatic rings. The van der Waals surface area contributed by atoms with Crippen LogP contribution in [0.1, 0.15) is 34.8 Å². The number of anilines is 2. The molecule has 0 radical (unpaired) electrons. The fraction of sp³-hybridized carbons (Fsp3) is 0.333. The molecule has 1 aromatic heterocycles. The number of aromatic nitrogens is 1. The van der Waals surface area contributed by atoms with Crippen molar-refractivity contribution in [2.24, 2.45) is 0 Å². The first-order chi connectivity index (χ1) is 15.0. The summed E-state index contributed by atoms with van der Waals surface area (Å²) >= 11 is 0. The monoisotopic (exact) mass is 421 g/mol. The van der Waals surface area contributed by atoms with Gasteiger partial charge in [-0.1, -0.05) is 12.1 Å². The normalized spacial score (nSPS) is 16.5. The lowest BCUT2D eigenvalue weighted by Gasteiger charge is -2.29. The third-order valence-corrected chi connectivity index (χ3v) is 5.91. The number of morpholine rings is 1. The molecule has 5 rings (SSSR count). The first-order valence-corrected chi connectivity index (χ1v) is 10.6. The van der Waals surface area contributed by atoms with Gasteiger partial charge in [0.2, 0.25) is 5.43 Å². The fourth-order valence-electron chi connectivity index (χ4n) is 4.14. The molecule has 1 saturated heterocycles. The first kappa shape index (κ1) is 19.8. The maximum absolute atomic E-state index is 15.0. The summed E-state index contributed by atoms with van der Waals surface area (Å²) in [6, 6.07) is 10.6. The van der Waals surface area contributed by atoms with E-state index in [0.717, 1.165) is 18.4 Å². The van der Waals surface area contributed by atoms with Crippen LogP contribution in [0.2, 0.25) is 0 Å². The number of rotatable bonds is 4. The van der Waals surface area contributed by atoms with Crippen molar-refractivity contribution in [1.29, 1.82) is 0 Å². The van der Waals surface area contributed by atoms with Crippen LogP contribution >= 0.6 is 0 Å². The number of halogens is 1. The van der Waals surface area contributed by atoms with E-state index < -0.39 is 17.2 Å². The number of hydrogen-bond acceptors (Lipinski definition) is 4. The number of benzene rings is 2. The lowest BCUT2D eigenvalue weighted by Crippen LogP contribution is -2.36. The highest BCUT2D eigenvalue weighted by atomic mass is 19.1. The van der Waals surface area contributed by atoms with Gasteiger partial charge >= 0.3 is 0 Å². The predicted octanol–water partition coefficient (Wildman–Crippen LogP) is 3.87. The minimum atomic E-state index is -0.482. The Balaban J connectivity index is 1.60. The van der Waals surface area contributed by atoms with Crippen molar-refractivity contribution in [1.82, 2.24) is 4.57 Å². The van der Waals surface area contributed by atoms with Crippen LogP contribution in [0.15, 0.2) is 47.4 Å². The zero-order valence-corrected chi connectivity index (χ0v) is 17.4. The number of carbonyl (C=O) groups is 1. The van der Waals surface area contributed by atoms with E-state index in [9.17, 15) is 9.59 Å². The number of aryl methyl sites for hydroxylation is 1. The molecule has 1 aliphatic carbocycles. The second-order valence-electron chi connectivity index (χ2n) is 8.25. The molecule has 1 aliphatic heterocycles. The highest BCUT2D eigenvalue weighted by molar-refractivity contribution is 6.06. The van der Waals surface area contributed by atoms with Gasteiger partial charge in [-0.15, -0.1) is 0 Å². The molecule has 0 bridgehead atoms. The molecule has 1 N–H and O–H groups in total. The highest BCUT2D eigenvalue weighted by Gasteiger charge is 2.28. The van der Waals surface area contributed by atoms with Gasteiger partial charge in [0.1, 0.15) is 11.4 Å². The van der Waals surface area contributed by atoms with Gasteiger partial charge in [-0.2, -0.15) is 0 Å². The standard InChI is InChI=1S/C24H24FN3O3/c1-15-3-2-4-16(11-15)26-24(30)19-14-28(17-5-6-17)21-13-22(27-7-9-31-10-8-27)20(25)12-18(21)23(19)29/h2-4,11-14,17H,5-10H2,1H3,(H,26,30). The van der Waals surface area contributed by atoms with Gasteiger partial charge in [0.25, 0.3) is 5.91 Å². The van der Waals surface area contributed by atoms with Crippen LogP contribution in [0.25, 0.3) is 10.9 Å². The number of nitrogens with one attached hydrogen (secondary N) is 1. The summed E-state index contributed by atoms with van der Waals surface area (Å²) in [7, 11) is 0. The molecule has 0 unspecified atom stereocenters. The minimum absolute atomic E-state index is 0.0272. The minimum Gasteiger partial charge on any atom is -0.378 e. The molecule has 3 aromatic rings. The van der Waals surface area contributed by atoms with Crippen molar-refractivity contribution >= 4 is 28.2 Å². The Morgan fingerprint density at radius 1 is 1.16 bits per heavy atom. The summed E-state index contributed by atoms with van der Waals surface area (Å²) in [5, 5.41) is 3.04. The van der Waals surface area contributed by atoms with E-state index in [4.69, 9.17) is 4.74 Å². The van der Waals surface area contributed by atoms with Crippen molar-refractivity contribution in [3.63, 3.8) is 0 Å². The van der Waals surface area contributed by atoms with Gasteiger partial charge in [-0.3, -0.25) is 9.59 Å². The molecule has 2 heterocycles. The van der Waals surface area contributed by atoms with Crippen LogP contribution in [0.5, 0.6) is 0 Å². The van der Waals surface area contributed by atoms with E-state index >= 15 is 4.39 Å². The maximum Gasteiger partial charge on any atom is 0.261 e. The number of nitrogens with zero attached hydrogens (tertiary/aromatic N) is 2. The molecular formula is C24H24FN3O3. The molecular weight excluding hydrogens is 397 g/mol. The summed E-state index contributed by atoms with van der Waals surface area (Å²) in [5.41, 5.74) is 2.34. The number of pyridine rings is 1. The Labute approximate surface area is 179 Å². The molecule has 1 saturated carbocycles. The predicted molar refractivity (Wildman–Crippen MR) is 119 cm³/mol. The number of ether oxygens (including phenoxy) is 1. The van der Waals surface area contributed by atoms with E-state index in [0.29, 0.717) is 43.2 Å². The highest BCUT2D eigenvalue weighted by Crippen LogP contribution is 2.38.